The van der Waals surface area contributed by atoms with Crippen molar-refractivity contribution in [3.8, 4) is 11.5 Å². The number of nitrogens with one attached hydrogen (secondary N) is 1. The highest BCUT2D eigenvalue weighted by Gasteiger charge is 2.03. The number of nitrogens with two attached hydrogens (primary N) is 1. The van der Waals surface area contributed by atoms with Crippen molar-refractivity contribution in [3.63, 3.8) is 0 Å². The zero-order valence-electron chi connectivity index (χ0n) is 11.1. The second-order valence-electron chi connectivity index (χ2n) is 4.87. The van der Waals surface area contributed by atoms with Crippen LogP contribution in [0, 0.1) is 11.3 Å². The summed E-state index contributed by atoms with van der Waals surface area (Å²) in [6.07, 6.45) is 3.32. The van der Waals surface area contributed by atoms with Gasteiger partial charge in [-0.3, -0.25) is 5.41 Å². The van der Waals surface area contributed by atoms with Gasteiger partial charge in [0.2, 0.25) is 0 Å². The molecule has 1 aromatic carbocycles. The van der Waals surface area contributed by atoms with Crippen molar-refractivity contribution in [3.05, 3.63) is 23.8 Å². The van der Waals surface area contributed by atoms with Crippen LogP contribution in [0.3, 0.4) is 0 Å². The van der Waals surface area contributed by atoms with Gasteiger partial charge in [0, 0.05) is 11.6 Å². The van der Waals surface area contributed by atoms with Crippen LogP contribution in [0.4, 0.5) is 0 Å². The number of rotatable bonds is 7. The fourth-order valence-corrected chi connectivity index (χ4v) is 1.67. The van der Waals surface area contributed by atoms with E-state index in [4.69, 9.17) is 15.9 Å². The summed E-state index contributed by atoms with van der Waals surface area (Å²) < 4.78 is 5.55. The van der Waals surface area contributed by atoms with E-state index in [2.05, 4.69) is 13.8 Å². The molecule has 0 spiro atoms. The molecule has 4 nitrogen and oxygen atoms in total. The number of phenols is 1. The molecular weight excluding hydrogens is 228 g/mol. The molecule has 0 aromatic heterocycles. The zero-order valence-corrected chi connectivity index (χ0v) is 11.1. The SMILES string of the molecule is CC(C)CCCCOc1cc(O)cc(C(=N)N)c1. The van der Waals surface area contributed by atoms with E-state index in [1.165, 1.54) is 18.6 Å². The number of nitrogen functional groups attached to an aromatic ring is 1. The van der Waals surface area contributed by atoms with Gasteiger partial charge in [0.1, 0.15) is 17.3 Å². The third-order valence-electron chi connectivity index (χ3n) is 2.65. The van der Waals surface area contributed by atoms with E-state index >= 15 is 0 Å². The Morgan fingerprint density at radius 2 is 2.06 bits per heavy atom. The summed E-state index contributed by atoms with van der Waals surface area (Å²) in [5.74, 6) is 1.27. The Hall–Kier alpha value is -1.71. The number of benzene rings is 1. The van der Waals surface area contributed by atoms with E-state index in [1.54, 1.807) is 6.07 Å². The molecule has 0 aliphatic carbocycles. The third kappa shape index (κ3) is 5.08. The molecule has 0 bridgehead atoms. The maximum atomic E-state index is 9.49. The first-order chi connectivity index (χ1) is 8.49. The molecule has 1 rings (SSSR count). The monoisotopic (exact) mass is 250 g/mol. The fourth-order valence-electron chi connectivity index (χ4n) is 1.67. The lowest BCUT2D eigenvalue weighted by Gasteiger charge is -2.09. The quantitative estimate of drug-likeness (QED) is 0.395. The van der Waals surface area contributed by atoms with Crippen LogP contribution >= 0.6 is 0 Å². The Balaban J connectivity index is 2.44. The van der Waals surface area contributed by atoms with E-state index in [9.17, 15) is 5.11 Å². The predicted molar refractivity (Wildman–Crippen MR) is 73.3 cm³/mol. The minimum absolute atomic E-state index is 0.0693. The van der Waals surface area contributed by atoms with E-state index < -0.39 is 0 Å². The number of unbranched alkanes of at least 4 members (excludes halogenated alkanes) is 1. The van der Waals surface area contributed by atoms with E-state index in [1.807, 2.05) is 0 Å². The van der Waals surface area contributed by atoms with Crippen LogP contribution in [-0.2, 0) is 0 Å². The average Bonchev–Trinajstić information content (AvgIpc) is 2.27. The lowest BCUT2D eigenvalue weighted by Crippen LogP contribution is -2.11. The molecule has 18 heavy (non-hydrogen) atoms. The van der Waals surface area contributed by atoms with E-state index in [0.717, 1.165) is 18.8 Å². The Morgan fingerprint density at radius 3 is 2.67 bits per heavy atom. The molecule has 0 fully saturated rings. The van der Waals surface area contributed by atoms with Crippen LogP contribution in [0.2, 0.25) is 0 Å². The van der Waals surface area contributed by atoms with E-state index in [0.29, 0.717) is 17.9 Å². The van der Waals surface area contributed by atoms with Crippen molar-refractivity contribution < 1.29 is 9.84 Å². The van der Waals surface area contributed by atoms with Crippen LogP contribution in [0.5, 0.6) is 11.5 Å². The molecular formula is C14H22N2O2. The average molecular weight is 250 g/mol. The van der Waals surface area contributed by atoms with Crippen molar-refractivity contribution in [2.45, 2.75) is 33.1 Å². The summed E-state index contributed by atoms with van der Waals surface area (Å²) in [6.45, 7) is 5.03. The highest BCUT2D eigenvalue weighted by atomic mass is 16.5. The van der Waals surface area contributed by atoms with Crippen LogP contribution < -0.4 is 10.5 Å². The summed E-state index contributed by atoms with van der Waals surface area (Å²) in [7, 11) is 0. The summed E-state index contributed by atoms with van der Waals surface area (Å²) >= 11 is 0. The van der Waals surface area contributed by atoms with Gasteiger partial charge in [-0.1, -0.05) is 20.3 Å². The Bertz CT molecular complexity index is 403. The molecule has 0 unspecified atom stereocenters. The van der Waals surface area contributed by atoms with Crippen molar-refractivity contribution in [1.82, 2.24) is 0 Å². The molecule has 4 N–H and O–H groups in total. The number of phenolic OH excluding ortho intramolecular Hbond substituents is 1. The number of hydrogen-bond donors (Lipinski definition) is 3. The Labute approximate surface area is 108 Å². The normalized spacial score (nSPS) is 10.6. The number of hydrogen-bond acceptors (Lipinski definition) is 3. The fraction of sp³-hybridized carbons (Fsp3) is 0.500. The first-order valence-corrected chi connectivity index (χ1v) is 6.30. The van der Waals surface area contributed by atoms with Crippen molar-refractivity contribution in [1.29, 1.82) is 5.41 Å². The molecule has 0 saturated carbocycles. The summed E-state index contributed by atoms with van der Waals surface area (Å²) in [5.41, 5.74) is 5.86. The van der Waals surface area contributed by atoms with Gasteiger partial charge in [-0.15, -0.1) is 0 Å². The van der Waals surface area contributed by atoms with Crippen molar-refractivity contribution in [2.24, 2.45) is 11.7 Å². The highest BCUT2D eigenvalue weighted by molar-refractivity contribution is 5.95. The van der Waals surface area contributed by atoms with Gasteiger partial charge in [0.25, 0.3) is 0 Å². The molecule has 4 heteroatoms. The molecule has 100 valence electrons. The number of ether oxygens (including phenoxy) is 1. The first kappa shape index (κ1) is 14.4. The second kappa shape index (κ2) is 6.89. The van der Waals surface area contributed by atoms with Gasteiger partial charge in [-0.25, -0.2) is 0 Å². The topological polar surface area (TPSA) is 79.3 Å². The Morgan fingerprint density at radius 1 is 1.33 bits per heavy atom. The van der Waals surface area contributed by atoms with Crippen molar-refractivity contribution >= 4 is 5.84 Å². The summed E-state index contributed by atoms with van der Waals surface area (Å²) in [6, 6.07) is 4.66. The maximum Gasteiger partial charge on any atom is 0.123 e. The molecule has 0 aliphatic heterocycles. The zero-order chi connectivity index (χ0) is 13.5. The molecule has 0 saturated heterocycles. The smallest absolute Gasteiger partial charge is 0.123 e. The van der Waals surface area contributed by atoms with Gasteiger partial charge >= 0.3 is 0 Å². The first-order valence-electron chi connectivity index (χ1n) is 6.30. The molecule has 0 radical (unpaired) electrons. The molecule has 0 amide bonds. The molecule has 1 aromatic rings. The Kier molecular flexibility index (Phi) is 5.49. The van der Waals surface area contributed by atoms with Gasteiger partial charge in [0.05, 0.1) is 6.61 Å². The second-order valence-corrected chi connectivity index (χ2v) is 4.87. The van der Waals surface area contributed by atoms with Crippen LogP contribution in [-0.4, -0.2) is 17.5 Å². The minimum atomic E-state index is -0.0736. The summed E-state index contributed by atoms with van der Waals surface area (Å²) in [5, 5.41) is 16.8. The highest BCUT2D eigenvalue weighted by Crippen LogP contribution is 2.22. The van der Waals surface area contributed by atoms with Gasteiger partial charge < -0.3 is 15.6 Å². The van der Waals surface area contributed by atoms with Gasteiger partial charge in [-0.05, 0) is 30.9 Å². The third-order valence-corrected chi connectivity index (χ3v) is 2.65. The molecule has 0 aliphatic rings. The lowest BCUT2D eigenvalue weighted by atomic mass is 10.1. The number of amidine groups is 1. The maximum absolute atomic E-state index is 9.49. The minimum Gasteiger partial charge on any atom is -0.508 e. The van der Waals surface area contributed by atoms with Crippen LogP contribution in [0.25, 0.3) is 0 Å². The number of aromatic hydroxyl groups is 1. The van der Waals surface area contributed by atoms with E-state index in [-0.39, 0.29) is 11.6 Å². The summed E-state index contributed by atoms with van der Waals surface area (Å²) in [4.78, 5) is 0. The van der Waals surface area contributed by atoms with Gasteiger partial charge in [-0.2, -0.15) is 0 Å². The molecule has 0 heterocycles. The lowest BCUT2D eigenvalue weighted by molar-refractivity contribution is 0.300. The standard InChI is InChI=1S/C14H22N2O2/c1-10(2)5-3-4-6-18-13-8-11(14(15)16)7-12(17)9-13/h7-10,17H,3-6H2,1-2H3,(H3,15,16). The van der Waals surface area contributed by atoms with Gasteiger partial charge in [0.15, 0.2) is 0 Å². The van der Waals surface area contributed by atoms with Crippen LogP contribution in [0.1, 0.15) is 38.7 Å². The predicted octanol–water partition coefficient (Wildman–Crippen LogP) is 2.88. The van der Waals surface area contributed by atoms with Crippen LogP contribution in [0.15, 0.2) is 18.2 Å². The molecule has 0 atom stereocenters. The largest absolute Gasteiger partial charge is 0.508 e. The van der Waals surface area contributed by atoms with Crippen molar-refractivity contribution in [2.75, 3.05) is 6.61 Å².